The van der Waals surface area contributed by atoms with Crippen molar-refractivity contribution in [2.75, 3.05) is 24.6 Å². The van der Waals surface area contributed by atoms with Gasteiger partial charge in [0.05, 0.1) is 12.3 Å². The van der Waals surface area contributed by atoms with E-state index < -0.39 is 5.97 Å². The Bertz CT molecular complexity index is 975. The lowest BCUT2D eigenvalue weighted by molar-refractivity contribution is 0.0527. The lowest BCUT2D eigenvalue weighted by atomic mass is 10.2. The van der Waals surface area contributed by atoms with E-state index in [-0.39, 0.29) is 5.75 Å². The summed E-state index contributed by atoms with van der Waals surface area (Å²) in [7, 11) is 0. The highest BCUT2D eigenvalue weighted by Crippen LogP contribution is 2.27. The monoisotopic (exact) mass is 381 g/mol. The topological polar surface area (TPSA) is 93.4 Å². The second-order valence-corrected chi connectivity index (χ2v) is 6.84. The normalized spacial score (nSPS) is 14.8. The zero-order valence-electron chi connectivity index (χ0n) is 15.8. The van der Waals surface area contributed by atoms with Gasteiger partial charge in [-0.25, -0.2) is 9.78 Å². The molecular formula is C20H23N5O3. The number of rotatable bonds is 4. The fraction of sp³-hybridized carbons (Fsp3) is 0.400. The molecule has 1 aromatic carbocycles. The molecular weight excluding hydrogens is 358 g/mol. The number of hydrogen-bond donors (Lipinski definition) is 1. The van der Waals surface area contributed by atoms with Crippen LogP contribution < -0.4 is 4.90 Å². The zero-order valence-corrected chi connectivity index (χ0v) is 15.8. The Balaban J connectivity index is 1.84. The van der Waals surface area contributed by atoms with Gasteiger partial charge >= 0.3 is 5.97 Å². The molecule has 28 heavy (non-hydrogen) atoms. The molecule has 0 amide bonds. The first-order valence-electron chi connectivity index (χ1n) is 9.65. The van der Waals surface area contributed by atoms with Crippen LogP contribution in [-0.2, 0) is 4.74 Å². The van der Waals surface area contributed by atoms with Gasteiger partial charge in [-0.05, 0) is 50.1 Å². The summed E-state index contributed by atoms with van der Waals surface area (Å²) in [5.41, 5.74) is 2.25. The van der Waals surface area contributed by atoms with Crippen molar-refractivity contribution in [2.24, 2.45) is 0 Å². The van der Waals surface area contributed by atoms with Crippen molar-refractivity contribution in [3.63, 3.8) is 0 Å². The molecule has 3 heterocycles. The molecule has 146 valence electrons. The molecule has 0 atom stereocenters. The highest BCUT2D eigenvalue weighted by molar-refractivity contribution is 5.98. The number of nitrogens with zero attached hydrogens (tertiary/aromatic N) is 5. The Morgan fingerprint density at radius 2 is 1.86 bits per heavy atom. The van der Waals surface area contributed by atoms with Crippen LogP contribution in [0, 0.1) is 0 Å². The number of phenolic OH excluding ortho intramolecular Hbond substituents is 1. The first-order valence-corrected chi connectivity index (χ1v) is 9.65. The number of hydrogen-bond acceptors (Lipinski definition) is 7. The largest absolute Gasteiger partial charge is 0.508 e. The number of carbonyl (C=O) groups is 1. The SMILES string of the molecule is CCOC(=O)c1cc2nnn(-c3ccc(O)cc3)c2nc1N1CCCCCC1. The Hall–Kier alpha value is -3.16. The van der Waals surface area contributed by atoms with Crippen LogP contribution in [0.1, 0.15) is 43.0 Å². The van der Waals surface area contributed by atoms with Crippen LogP contribution in [0.25, 0.3) is 16.9 Å². The zero-order chi connectivity index (χ0) is 19.5. The van der Waals surface area contributed by atoms with Gasteiger partial charge in [0.25, 0.3) is 0 Å². The molecule has 0 aliphatic carbocycles. The van der Waals surface area contributed by atoms with Crippen LogP contribution in [0.5, 0.6) is 5.75 Å². The molecule has 4 rings (SSSR count). The minimum absolute atomic E-state index is 0.177. The number of aromatic hydroxyl groups is 1. The van der Waals surface area contributed by atoms with E-state index >= 15 is 0 Å². The molecule has 0 bridgehead atoms. The molecule has 1 aliphatic rings. The lowest BCUT2D eigenvalue weighted by Crippen LogP contribution is -2.27. The number of aromatic nitrogens is 4. The maximum absolute atomic E-state index is 12.6. The van der Waals surface area contributed by atoms with Crippen molar-refractivity contribution in [2.45, 2.75) is 32.6 Å². The second-order valence-electron chi connectivity index (χ2n) is 6.84. The van der Waals surface area contributed by atoms with Gasteiger partial charge in [-0.1, -0.05) is 18.1 Å². The predicted molar refractivity (Wildman–Crippen MR) is 105 cm³/mol. The van der Waals surface area contributed by atoms with E-state index in [4.69, 9.17) is 9.72 Å². The van der Waals surface area contributed by atoms with Crippen LogP contribution >= 0.6 is 0 Å². The van der Waals surface area contributed by atoms with Crippen LogP contribution in [0.15, 0.2) is 30.3 Å². The molecule has 1 aliphatic heterocycles. The maximum Gasteiger partial charge on any atom is 0.341 e. The van der Waals surface area contributed by atoms with Gasteiger partial charge in [-0.2, -0.15) is 4.68 Å². The molecule has 1 fully saturated rings. The van der Waals surface area contributed by atoms with Crippen LogP contribution in [0.3, 0.4) is 0 Å². The number of esters is 1. The minimum atomic E-state index is -0.393. The molecule has 0 radical (unpaired) electrons. The van der Waals surface area contributed by atoms with Gasteiger partial charge in [0.2, 0.25) is 0 Å². The second kappa shape index (κ2) is 7.84. The number of pyridine rings is 1. The molecule has 3 aromatic rings. The Morgan fingerprint density at radius 3 is 2.54 bits per heavy atom. The predicted octanol–water partition coefficient (Wildman–Crippen LogP) is 3.08. The smallest absolute Gasteiger partial charge is 0.341 e. The van der Waals surface area contributed by atoms with E-state index in [2.05, 4.69) is 15.2 Å². The van der Waals surface area contributed by atoms with E-state index in [1.54, 1.807) is 41.9 Å². The summed E-state index contributed by atoms with van der Waals surface area (Å²) in [4.78, 5) is 19.5. The summed E-state index contributed by atoms with van der Waals surface area (Å²) in [5, 5.41) is 17.9. The molecule has 0 spiro atoms. The fourth-order valence-corrected chi connectivity index (χ4v) is 3.50. The number of anilines is 1. The summed E-state index contributed by atoms with van der Waals surface area (Å²) < 4.78 is 6.87. The fourth-order valence-electron chi connectivity index (χ4n) is 3.50. The quantitative estimate of drug-likeness (QED) is 0.694. The Morgan fingerprint density at radius 1 is 1.14 bits per heavy atom. The highest BCUT2D eigenvalue weighted by Gasteiger charge is 2.23. The third-order valence-electron chi connectivity index (χ3n) is 4.90. The van der Waals surface area contributed by atoms with Crippen LogP contribution in [-0.4, -0.2) is 50.8 Å². The van der Waals surface area contributed by atoms with Crippen molar-refractivity contribution >= 4 is 23.0 Å². The first kappa shape index (κ1) is 18.2. The molecule has 8 nitrogen and oxygen atoms in total. The number of carbonyl (C=O) groups excluding carboxylic acids is 1. The molecule has 0 unspecified atom stereocenters. The third-order valence-corrected chi connectivity index (χ3v) is 4.90. The molecule has 2 aromatic heterocycles. The minimum Gasteiger partial charge on any atom is -0.508 e. The van der Waals surface area contributed by atoms with Gasteiger partial charge < -0.3 is 14.7 Å². The Kier molecular flexibility index (Phi) is 5.10. The van der Waals surface area contributed by atoms with Crippen molar-refractivity contribution in [1.82, 2.24) is 20.0 Å². The number of fused-ring (bicyclic) bond motifs is 1. The summed E-state index contributed by atoms with van der Waals surface area (Å²) in [6.45, 7) is 3.80. The van der Waals surface area contributed by atoms with E-state index in [1.165, 1.54) is 12.8 Å². The van der Waals surface area contributed by atoms with Crippen molar-refractivity contribution in [3.05, 3.63) is 35.9 Å². The standard InChI is InChI=1S/C20H23N5O3/c1-2-28-20(27)16-13-17-19(21-18(16)24-11-5-3-4-6-12-24)25(23-22-17)14-7-9-15(26)10-8-14/h7-10,13,26H,2-6,11-12H2,1H3. The average molecular weight is 381 g/mol. The summed E-state index contributed by atoms with van der Waals surface area (Å²) >= 11 is 0. The molecule has 8 heteroatoms. The van der Waals surface area contributed by atoms with E-state index in [9.17, 15) is 9.90 Å². The van der Waals surface area contributed by atoms with E-state index in [0.29, 0.717) is 29.2 Å². The van der Waals surface area contributed by atoms with Crippen LogP contribution in [0.4, 0.5) is 5.82 Å². The van der Waals surface area contributed by atoms with Crippen molar-refractivity contribution < 1.29 is 14.6 Å². The number of benzene rings is 1. The number of ether oxygens (including phenoxy) is 1. The summed E-state index contributed by atoms with van der Waals surface area (Å²) in [6, 6.07) is 8.38. The van der Waals surface area contributed by atoms with E-state index in [1.807, 2.05) is 0 Å². The highest BCUT2D eigenvalue weighted by atomic mass is 16.5. The van der Waals surface area contributed by atoms with Crippen molar-refractivity contribution in [1.29, 1.82) is 0 Å². The van der Waals surface area contributed by atoms with Gasteiger partial charge in [0.15, 0.2) is 5.65 Å². The lowest BCUT2D eigenvalue weighted by Gasteiger charge is -2.23. The summed E-state index contributed by atoms with van der Waals surface area (Å²) in [5.74, 6) is 0.404. The molecule has 1 saturated heterocycles. The summed E-state index contributed by atoms with van der Waals surface area (Å²) in [6.07, 6.45) is 4.50. The third kappa shape index (κ3) is 3.49. The molecule has 0 saturated carbocycles. The average Bonchev–Trinajstić information content (AvgIpc) is 2.92. The van der Waals surface area contributed by atoms with Gasteiger partial charge in [0.1, 0.15) is 22.6 Å². The molecule has 1 N–H and O–H groups in total. The van der Waals surface area contributed by atoms with Crippen molar-refractivity contribution in [3.8, 4) is 11.4 Å². The maximum atomic E-state index is 12.6. The van der Waals surface area contributed by atoms with Gasteiger partial charge in [0, 0.05) is 13.1 Å². The van der Waals surface area contributed by atoms with E-state index in [0.717, 1.165) is 31.6 Å². The first-order chi connectivity index (χ1) is 13.7. The van der Waals surface area contributed by atoms with Gasteiger partial charge in [-0.3, -0.25) is 0 Å². The van der Waals surface area contributed by atoms with Crippen LogP contribution in [0.2, 0.25) is 0 Å². The Labute approximate surface area is 162 Å². The van der Waals surface area contributed by atoms with Gasteiger partial charge in [-0.15, -0.1) is 5.10 Å². The number of phenols is 1.